The number of aryl methyl sites for hydroxylation is 1. The molecule has 0 N–H and O–H groups in total. The third kappa shape index (κ3) is 4.97. The zero-order chi connectivity index (χ0) is 23.6. The van der Waals surface area contributed by atoms with Crippen molar-refractivity contribution in [3.05, 3.63) is 71.8 Å². The number of benzene rings is 2. The highest BCUT2D eigenvalue weighted by Crippen LogP contribution is 2.25. The second-order valence-corrected chi connectivity index (χ2v) is 10.7. The van der Waals surface area contributed by atoms with E-state index in [1.165, 1.54) is 33.8 Å². The molecule has 7 nitrogen and oxygen atoms in total. The lowest BCUT2D eigenvalue weighted by molar-refractivity contribution is -0.129. The van der Waals surface area contributed by atoms with Gasteiger partial charge >= 0.3 is 0 Å². The number of thioether (sulfide) groups is 1. The first-order chi connectivity index (χ1) is 15.8. The van der Waals surface area contributed by atoms with E-state index in [1.807, 2.05) is 22.9 Å². The van der Waals surface area contributed by atoms with Gasteiger partial charge in [-0.1, -0.05) is 23.9 Å². The second-order valence-electron chi connectivity index (χ2n) is 7.83. The summed E-state index contributed by atoms with van der Waals surface area (Å²) in [5, 5.41) is 0.731. The third-order valence-corrected chi connectivity index (χ3v) is 8.67. The van der Waals surface area contributed by atoms with Gasteiger partial charge in [0.25, 0.3) is 0 Å². The molecule has 33 heavy (non-hydrogen) atoms. The summed E-state index contributed by atoms with van der Waals surface area (Å²) >= 11 is 1.36. The summed E-state index contributed by atoms with van der Waals surface area (Å²) in [5.74, 6) is -0.332. The Morgan fingerprint density at radius 2 is 1.76 bits per heavy atom. The molecule has 0 unspecified atom stereocenters. The maximum absolute atomic E-state index is 13.1. The van der Waals surface area contributed by atoms with Crippen molar-refractivity contribution >= 4 is 27.7 Å². The quantitative estimate of drug-likeness (QED) is 0.498. The molecule has 1 aliphatic rings. The van der Waals surface area contributed by atoms with Crippen LogP contribution in [-0.4, -0.2) is 65.0 Å². The van der Waals surface area contributed by atoms with Crippen LogP contribution in [0.25, 0.3) is 5.69 Å². The number of imidazole rings is 1. The van der Waals surface area contributed by atoms with E-state index in [-0.39, 0.29) is 29.6 Å². The van der Waals surface area contributed by atoms with Crippen molar-refractivity contribution < 1.29 is 17.6 Å². The highest BCUT2D eigenvalue weighted by molar-refractivity contribution is 7.99. The minimum Gasteiger partial charge on any atom is -0.339 e. The lowest BCUT2D eigenvalue weighted by Gasteiger charge is -2.34. The van der Waals surface area contributed by atoms with Crippen molar-refractivity contribution in [2.75, 3.05) is 31.9 Å². The maximum Gasteiger partial charge on any atom is 0.243 e. The van der Waals surface area contributed by atoms with Crippen molar-refractivity contribution in [3.8, 4) is 5.69 Å². The van der Waals surface area contributed by atoms with Crippen LogP contribution in [0.5, 0.6) is 0 Å². The van der Waals surface area contributed by atoms with Crippen molar-refractivity contribution in [1.82, 2.24) is 18.8 Å². The topological polar surface area (TPSA) is 75.5 Å². The number of carbonyl (C=O) groups excluding carboxylic acids is 1. The van der Waals surface area contributed by atoms with E-state index >= 15 is 0 Å². The van der Waals surface area contributed by atoms with Gasteiger partial charge in [-0.05, 0) is 55.3 Å². The van der Waals surface area contributed by atoms with Crippen molar-refractivity contribution in [3.63, 3.8) is 0 Å². The molecule has 0 radical (unpaired) electrons. The number of amides is 1. The number of rotatable bonds is 6. The van der Waals surface area contributed by atoms with Gasteiger partial charge in [0.1, 0.15) is 5.82 Å². The highest BCUT2D eigenvalue weighted by Gasteiger charge is 2.30. The van der Waals surface area contributed by atoms with Crippen LogP contribution in [0.15, 0.2) is 64.9 Å². The Balaban J connectivity index is 1.36. The fraction of sp³-hybridized carbons (Fsp3) is 0.304. The molecule has 1 aromatic heterocycles. The summed E-state index contributed by atoms with van der Waals surface area (Å²) < 4.78 is 42.0. The van der Waals surface area contributed by atoms with Crippen LogP contribution < -0.4 is 0 Å². The summed E-state index contributed by atoms with van der Waals surface area (Å²) in [6.45, 7) is 5.14. The first-order valence-corrected chi connectivity index (χ1v) is 13.0. The molecular formula is C23H25FN4O3S2. The molecule has 0 spiro atoms. The fourth-order valence-electron chi connectivity index (χ4n) is 3.73. The molecule has 1 amide bonds. The monoisotopic (exact) mass is 488 g/mol. The lowest BCUT2D eigenvalue weighted by Crippen LogP contribution is -2.50. The first kappa shape index (κ1) is 23.5. The van der Waals surface area contributed by atoms with Crippen LogP contribution in [0.2, 0.25) is 0 Å². The van der Waals surface area contributed by atoms with E-state index in [2.05, 4.69) is 24.9 Å². The average molecular weight is 489 g/mol. The zero-order valence-corrected chi connectivity index (χ0v) is 20.1. The molecule has 2 heterocycles. The zero-order valence-electron chi connectivity index (χ0n) is 18.4. The molecular weight excluding hydrogens is 463 g/mol. The molecule has 0 atom stereocenters. The number of halogens is 1. The van der Waals surface area contributed by atoms with Gasteiger partial charge in [0, 0.05) is 38.6 Å². The van der Waals surface area contributed by atoms with Gasteiger partial charge in [0.2, 0.25) is 15.9 Å². The summed E-state index contributed by atoms with van der Waals surface area (Å²) in [6, 6.07) is 10.9. The van der Waals surface area contributed by atoms with Crippen molar-refractivity contribution in [1.29, 1.82) is 0 Å². The van der Waals surface area contributed by atoms with E-state index in [0.29, 0.717) is 13.1 Å². The Bertz CT molecular complexity index is 1250. The first-order valence-electron chi connectivity index (χ1n) is 10.5. The van der Waals surface area contributed by atoms with Gasteiger partial charge < -0.3 is 4.90 Å². The van der Waals surface area contributed by atoms with Crippen LogP contribution in [0.1, 0.15) is 11.1 Å². The normalized spacial score (nSPS) is 15.1. The molecule has 3 aromatic rings. The Labute approximate surface area is 197 Å². The molecule has 10 heteroatoms. The van der Waals surface area contributed by atoms with Gasteiger partial charge in [0.15, 0.2) is 5.16 Å². The minimum absolute atomic E-state index is 0.0533. The summed E-state index contributed by atoms with van der Waals surface area (Å²) in [5.41, 5.74) is 3.37. The Kier molecular flexibility index (Phi) is 6.87. The molecule has 0 saturated carbocycles. The van der Waals surface area contributed by atoms with Crippen molar-refractivity contribution in [2.24, 2.45) is 0 Å². The third-order valence-electron chi connectivity index (χ3n) is 5.81. The largest absolute Gasteiger partial charge is 0.339 e. The van der Waals surface area contributed by atoms with Crippen LogP contribution in [-0.2, 0) is 14.8 Å². The maximum atomic E-state index is 13.1. The molecule has 4 rings (SSSR count). The minimum atomic E-state index is -3.71. The number of carbonyl (C=O) groups is 1. The van der Waals surface area contributed by atoms with E-state index in [9.17, 15) is 17.6 Å². The summed E-state index contributed by atoms with van der Waals surface area (Å²) in [7, 11) is -3.71. The van der Waals surface area contributed by atoms with E-state index in [0.717, 1.165) is 28.5 Å². The SMILES string of the molecule is Cc1cccc(-n2ccnc2SCC(=O)N2CCN(S(=O)(=O)c3ccc(F)cc3)CC2)c1C. The van der Waals surface area contributed by atoms with Gasteiger partial charge in [0.05, 0.1) is 16.3 Å². The predicted molar refractivity (Wildman–Crippen MR) is 126 cm³/mol. The second kappa shape index (κ2) is 9.66. The standard InChI is InChI=1S/C23H25FN4O3S2/c1-17-4-3-5-21(18(17)2)28-11-10-25-23(28)32-16-22(29)26-12-14-27(15-13-26)33(30,31)20-8-6-19(24)7-9-20/h3-11H,12-16H2,1-2H3. The van der Waals surface area contributed by atoms with E-state index in [4.69, 9.17) is 0 Å². The summed E-state index contributed by atoms with van der Waals surface area (Å²) in [4.78, 5) is 18.9. The number of hydrogen-bond acceptors (Lipinski definition) is 5. The Hall–Kier alpha value is -2.69. The van der Waals surface area contributed by atoms with E-state index in [1.54, 1.807) is 11.1 Å². The molecule has 2 aromatic carbocycles. The number of hydrogen-bond donors (Lipinski definition) is 0. The van der Waals surface area contributed by atoms with E-state index < -0.39 is 15.8 Å². The average Bonchev–Trinajstić information content (AvgIpc) is 3.28. The van der Waals surface area contributed by atoms with Gasteiger partial charge in [-0.15, -0.1) is 0 Å². The Morgan fingerprint density at radius 3 is 2.45 bits per heavy atom. The van der Waals surface area contributed by atoms with Gasteiger partial charge in [-0.3, -0.25) is 9.36 Å². The number of aromatic nitrogens is 2. The number of piperazine rings is 1. The molecule has 1 saturated heterocycles. The molecule has 174 valence electrons. The summed E-state index contributed by atoms with van der Waals surface area (Å²) in [6.07, 6.45) is 3.60. The number of sulfonamides is 1. The highest BCUT2D eigenvalue weighted by atomic mass is 32.2. The predicted octanol–water partition coefficient (Wildman–Crippen LogP) is 3.25. The Morgan fingerprint density at radius 1 is 1.06 bits per heavy atom. The molecule has 0 bridgehead atoms. The van der Waals surface area contributed by atoms with Gasteiger partial charge in [-0.25, -0.2) is 17.8 Å². The van der Waals surface area contributed by atoms with Gasteiger partial charge in [-0.2, -0.15) is 4.31 Å². The lowest BCUT2D eigenvalue weighted by atomic mass is 10.1. The van der Waals surface area contributed by atoms with Crippen LogP contribution in [0, 0.1) is 19.7 Å². The molecule has 0 aliphatic carbocycles. The van der Waals surface area contributed by atoms with Crippen LogP contribution in [0.4, 0.5) is 4.39 Å². The van der Waals surface area contributed by atoms with Crippen LogP contribution >= 0.6 is 11.8 Å². The van der Waals surface area contributed by atoms with Crippen molar-refractivity contribution in [2.45, 2.75) is 23.9 Å². The number of nitrogens with zero attached hydrogens (tertiary/aromatic N) is 4. The molecule has 1 aliphatic heterocycles. The van der Waals surface area contributed by atoms with Crippen LogP contribution in [0.3, 0.4) is 0 Å². The smallest absolute Gasteiger partial charge is 0.243 e. The molecule has 1 fully saturated rings. The fourth-order valence-corrected chi connectivity index (χ4v) is 6.02.